The lowest BCUT2D eigenvalue weighted by Crippen LogP contribution is -2.55. The quantitative estimate of drug-likeness (QED) is 0.818. The van der Waals surface area contributed by atoms with Crippen LogP contribution < -0.4 is 0 Å². The van der Waals surface area contributed by atoms with Crippen LogP contribution in [0.2, 0.25) is 0 Å². The Morgan fingerprint density at radius 2 is 1.76 bits per heavy atom. The lowest BCUT2D eigenvalue weighted by molar-refractivity contribution is -0.152. The summed E-state index contributed by atoms with van der Waals surface area (Å²) < 4.78 is 1.11. The molecule has 1 aromatic rings. The maximum absolute atomic E-state index is 11.0. The van der Waals surface area contributed by atoms with Crippen LogP contribution in [0.15, 0.2) is 28.7 Å². The molecule has 4 fully saturated rings. The van der Waals surface area contributed by atoms with Crippen molar-refractivity contribution in [3.8, 4) is 0 Å². The molecule has 0 radical (unpaired) electrons. The van der Waals surface area contributed by atoms with Gasteiger partial charge in [-0.2, -0.15) is 0 Å². The SMILES string of the molecule is CC12CC3CC(C1)CC(C(O)Cc1ccc(Br)cc1)(C3)C2. The van der Waals surface area contributed by atoms with E-state index in [1.54, 1.807) is 0 Å². The van der Waals surface area contributed by atoms with Crippen LogP contribution in [0.4, 0.5) is 0 Å². The molecule has 21 heavy (non-hydrogen) atoms. The van der Waals surface area contributed by atoms with Gasteiger partial charge in [-0.3, -0.25) is 0 Å². The van der Waals surface area contributed by atoms with E-state index in [0.29, 0.717) is 5.41 Å². The van der Waals surface area contributed by atoms with Crippen molar-refractivity contribution in [3.05, 3.63) is 34.3 Å². The average molecular weight is 349 g/mol. The first-order valence-corrected chi connectivity index (χ1v) is 9.18. The van der Waals surface area contributed by atoms with E-state index in [9.17, 15) is 5.11 Å². The van der Waals surface area contributed by atoms with E-state index in [2.05, 4.69) is 47.1 Å². The summed E-state index contributed by atoms with van der Waals surface area (Å²) in [7, 11) is 0. The third-order valence-electron chi connectivity index (χ3n) is 6.45. The first kappa shape index (κ1) is 14.3. The third-order valence-corrected chi connectivity index (χ3v) is 6.98. The van der Waals surface area contributed by atoms with Crippen LogP contribution in [0.5, 0.6) is 0 Å². The molecule has 5 rings (SSSR count). The van der Waals surface area contributed by atoms with E-state index in [1.165, 1.54) is 44.1 Å². The Kier molecular flexibility index (Phi) is 3.28. The Morgan fingerprint density at radius 1 is 1.14 bits per heavy atom. The molecule has 4 aliphatic carbocycles. The van der Waals surface area contributed by atoms with Gasteiger partial charge in [-0.25, -0.2) is 0 Å². The predicted molar refractivity (Wildman–Crippen MR) is 89.1 cm³/mol. The molecule has 4 aliphatic rings. The molecule has 3 unspecified atom stereocenters. The maximum Gasteiger partial charge on any atom is 0.0637 e. The fourth-order valence-corrected chi connectivity index (χ4v) is 6.51. The van der Waals surface area contributed by atoms with Gasteiger partial charge >= 0.3 is 0 Å². The molecule has 0 spiro atoms. The zero-order chi connectivity index (χ0) is 14.7. The Labute approximate surface area is 136 Å². The summed E-state index contributed by atoms with van der Waals surface area (Å²) in [6, 6.07) is 8.47. The van der Waals surface area contributed by atoms with Gasteiger partial charge in [-0.05, 0) is 85.3 Å². The van der Waals surface area contributed by atoms with Crippen LogP contribution in [0.25, 0.3) is 0 Å². The van der Waals surface area contributed by atoms with Crippen molar-refractivity contribution in [2.75, 3.05) is 0 Å². The Balaban J connectivity index is 1.56. The van der Waals surface area contributed by atoms with E-state index >= 15 is 0 Å². The van der Waals surface area contributed by atoms with Crippen molar-refractivity contribution in [1.29, 1.82) is 0 Å². The summed E-state index contributed by atoms with van der Waals surface area (Å²) in [5.41, 5.74) is 2.00. The number of aliphatic hydroxyl groups excluding tert-OH is 1. The third kappa shape index (κ3) is 2.49. The molecule has 3 atom stereocenters. The number of hydrogen-bond donors (Lipinski definition) is 1. The number of rotatable bonds is 3. The summed E-state index contributed by atoms with van der Waals surface area (Å²) >= 11 is 3.49. The summed E-state index contributed by atoms with van der Waals surface area (Å²) in [5.74, 6) is 1.77. The van der Waals surface area contributed by atoms with Gasteiger partial charge in [0.05, 0.1) is 6.10 Å². The van der Waals surface area contributed by atoms with E-state index in [0.717, 1.165) is 22.7 Å². The van der Waals surface area contributed by atoms with Gasteiger partial charge < -0.3 is 5.11 Å². The van der Waals surface area contributed by atoms with Gasteiger partial charge in [-0.1, -0.05) is 35.0 Å². The monoisotopic (exact) mass is 348 g/mol. The van der Waals surface area contributed by atoms with Crippen LogP contribution in [0.3, 0.4) is 0 Å². The van der Waals surface area contributed by atoms with Crippen molar-refractivity contribution < 1.29 is 5.11 Å². The minimum absolute atomic E-state index is 0.163. The summed E-state index contributed by atoms with van der Waals surface area (Å²) in [4.78, 5) is 0. The van der Waals surface area contributed by atoms with E-state index in [4.69, 9.17) is 0 Å². The molecule has 0 aromatic heterocycles. The molecule has 4 saturated carbocycles. The minimum Gasteiger partial charge on any atom is -0.392 e. The molecule has 1 N–H and O–H groups in total. The predicted octanol–water partition coefficient (Wildman–Crippen LogP) is 4.96. The van der Waals surface area contributed by atoms with Gasteiger partial charge in [0, 0.05) is 4.47 Å². The summed E-state index contributed by atoms with van der Waals surface area (Å²) in [5, 5.41) is 11.0. The highest BCUT2D eigenvalue weighted by Crippen LogP contribution is 2.66. The molecular formula is C19H25BrO. The first-order valence-electron chi connectivity index (χ1n) is 8.39. The van der Waals surface area contributed by atoms with E-state index in [-0.39, 0.29) is 11.5 Å². The Bertz CT molecular complexity index is 521. The fourth-order valence-electron chi connectivity index (χ4n) is 6.25. The van der Waals surface area contributed by atoms with Crippen LogP contribution in [-0.4, -0.2) is 11.2 Å². The molecule has 0 saturated heterocycles. The van der Waals surface area contributed by atoms with Crippen LogP contribution in [0.1, 0.15) is 51.0 Å². The number of hydrogen-bond acceptors (Lipinski definition) is 1. The molecular weight excluding hydrogens is 324 g/mol. The van der Waals surface area contributed by atoms with Gasteiger partial charge in [0.25, 0.3) is 0 Å². The van der Waals surface area contributed by atoms with E-state index in [1.807, 2.05) is 0 Å². The average Bonchev–Trinajstić information content (AvgIpc) is 2.38. The van der Waals surface area contributed by atoms with Gasteiger partial charge in [-0.15, -0.1) is 0 Å². The highest BCUT2D eigenvalue weighted by Gasteiger charge is 2.57. The Hall–Kier alpha value is -0.340. The van der Waals surface area contributed by atoms with Crippen molar-refractivity contribution in [3.63, 3.8) is 0 Å². The van der Waals surface area contributed by atoms with Gasteiger partial charge in [0.15, 0.2) is 0 Å². The van der Waals surface area contributed by atoms with Crippen molar-refractivity contribution in [1.82, 2.24) is 0 Å². The second-order valence-electron chi connectivity index (χ2n) is 8.48. The van der Waals surface area contributed by atoms with Crippen molar-refractivity contribution >= 4 is 15.9 Å². The second kappa shape index (κ2) is 4.83. The zero-order valence-corrected chi connectivity index (χ0v) is 14.4. The van der Waals surface area contributed by atoms with Gasteiger partial charge in [0.2, 0.25) is 0 Å². The lowest BCUT2D eigenvalue weighted by Gasteiger charge is -2.62. The molecule has 4 bridgehead atoms. The van der Waals surface area contributed by atoms with Gasteiger partial charge in [0.1, 0.15) is 0 Å². The second-order valence-corrected chi connectivity index (χ2v) is 9.40. The topological polar surface area (TPSA) is 20.2 Å². The van der Waals surface area contributed by atoms with E-state index < -0.39 is 0 Å². The molecule has 114 valence electrons. The normalized spacial score (nSPS) is 42.2. The molecule has 0 aliphatic heterocycles. The molecule has 1 aromatic carbocycles. The summed E-state index contributed by atoms with van der Waals surface area (Å²) in [6.45, 7) is 2.48. The first-order chi connectivity index (χ1) is 9.96. The fraction of sp³-hybridized carbons (Fsp3) is 0.684. The molecule has 2 heteroatoms. The van der Waals surface area contributed by atoms with Crippen LogP contribution in [0, 0.1) is 22.7 Å². The number of halogens is 1. The van der Waals surface area contributed by atoms with Crippen molar-refractivity contribution in [2.24, 2.45) is 22.7 Å². The Morgan fingerprint density at radius 3 is 2.33 bits per heavy atom. The molecule has 1 nitrogen and oxygen atoms in total. The number of aliphatic hydroxyl groups is 1. The van der Waals surface area contributed by atoms with Crippen molar-refractivity contribution in [2.45, 2.75) is 58.0 Å². The number of benzene rings is 1. The smallest absolute Gasteiger partial charge is 0.0637 e. The maximum atomic E-state index is 11.0. The van der Waals surface area contributed by atoms with Crippen LogP contribution >= 0.6 is 15.9 Å². The lowest BCUT2D eigenvalue weighted by atomic mass is 9.43. The molecule has 0 amide bonds. The standard InChI is InChI=1S/C19H25BrO/c1-18-8-14-6-15(9-18)11-19(10-14,12-18)17(21)7-13-2-4-16(20)5-3-13/h2-5,14-15,17,21H,6-12H2,1H3. The largest absolute Gasteiger partial charge is 0.392 e. The minimum atomic E-state index is -0.163. The molecule has 0 heterocycles. The zero-order valence-electron chi connectivity index (χ0n) is 12.8. The highest BCUT2D eigenvalue weighted by atomic mass is 79.9. The van der Waals surface area contributed by atoms with Crippen LogP contribution in [-0.2, 0) is 6.42 Å². The summed E-state index contributed by atoms with van der Waals surface area (Å²) in [6.07, 6.45) is 8.72. The highest BCUT2D eigenvalue weighted by molar-refractivity contribution is 9.10.